The molecule has 2 heterocycles. The molecule has 0 unspecified atom stereocenters. The molecule has 104 valence electrons. The predicted octanol–water partition coefficient (Wildman–Crippen LogP) is 1.79. The molecule has 0 saturated carbocycles. The first-order valence-electron chi connectivity index (χ1n) is 6.52. The quantitative estimate of drug-likeness (QED) is 0.844. The van der Waals surface area contributed by atoms with Gasteiger partial charge in [0.1, 0.15) is 5.82 Å². The molecule has 6 nitrogen and oxygen atoms in total. The van der Waals surface area contributed by atoms with Gasteiger partial charge in [-0.15, -0.1) is 0 Å². The van der Waals surface area contributed by atoms with Crippen LogP contribution in [0.1, 0.15) is 36.7 Å². The van der Waals surface area contributed by atoms with Crippen LogP contribution in [0.25, 0.3) is 0 Å². The lowest BCUT2D eigenvalue weighted by molar-refractivity contribution is 0.0191. The Labute approximate surface area is 112 Å². The third-order valence-electron chi connectivity index (χ3n) is 3.82. The molecule has 0 aromatic carbocycles. The van der Waals surface area contributed by atoms with E-state index in [-0.39, 0.29) is 11.1 Å². The highest BCUT2D eigenvalue weighted by Gasteiger charge is 2.30. The van der Waals surface area contributed by atoms with E-state index in [9.17, 15) is 4.79 Å². The summed E-state index contributed by atoms with van der Waals surface area (Å²) >= 11 is 0. The summed E-state index contributed by atoms with van der Waals surface area (Å²) in [4.78, 5) is 18.6. The van der Waals surface area contributed by atoms with Crippen LogP contribution in [0.3, 0.4) is 0 Å². The summed E-state index contributed by atoms with van der Waals surface area (Å²) < 4.78 is 5.40. The lowest BCUT2D eigenvalue weighted by atomic mass is 9.78. The lowest BCUT2D eigenvalue weighted by Gasteiger charge is -2.36. The minimum atomic E-state index is -1.06. The van der Waals surface area contributed by atoms with Gasteiger partial charge in [-0.25, -0.2) is 14.8 Å². The molecule has 0 spiro atoms. The number of hydrogen-bond acceptors (Lipinski definition) is 5. The smallest absolute Gasteiger partial charge is 0.356 e. The number of rotatable bonds is 5. The van der Waals surface area contributed by atoms with Crippen LogP contribution in [0, 0.1) is 5.41 Å². The van der Waals surface area contributed by atoms with Crippen LogP contribution < -0.4 is 5.32 Å². The van der Waals surface area contributed by atoms with Crippen LogP contribution in [0.5, 0.6) is 0 Å². The van der Waals surface area contributed by atoms with Crippen molar-refractivity contribution in [3.05, 3.63) is 18.1 Å². The molecule has 1 aliphatic rings. The van der Waals surface area contributed by atoms with Gasteiger partial charge in [-0.1, -0.05) is 6.92 Å². The molecule has 19 heavy (non-hydrogen) atoms. The summed E-state index contributed by atoms with van der Waals surface area (Å²) in [6, 6.07) is 0. The first-order chi connectivity index (χ1) is 9.15. The summed E-state index contributed by atoms with van der Waals surface area (Å²) in [5, 5.41) is 12.0. The number of carboxylic acids is 1. The molecule has 1 aliphatic heterocycles. The fraction of sp³-hybridized carbons (Fsp3) is 0.615. The Kier molecular flexibility index (Phi) is 4.31. The summed E-state index contributed by atoms with van der Waals surface area (Å²) in [7, 11) is 0. The molecule has 0 bridgehead atoms. The predicted molar refractivity (Wildman–Crippen MR) is 70.3 cm³/mol. The highest BCUT2D eigenvalue weighted by atomic mass is 16.5. The van der Waals surface area contributed by atoms with E-state index in [0.29, 0.717) is 5.82 Å². The second-order valence-electron chi connectivity index (χ2n) is 4.91. The van der Waals surface area contributed by atoms with Crippen molar-refractivity contribution in [1.82, 2.24) is 9.97 Å². The van der Waals surface area contributed by atoms with Crippen molar-refractivity contribution in [1.29, 1.82) is 0 Å². The zero-order valence-corrected chi connectivity index (χ0v) is 11.1. The van der Waals surface area contributed by atoms with Gasteiger partial charge in [0, 0.05) is 19.8 Å². The Morgan fingerprint density at radius 3 is 2.68 bits per heavy atom. The zero-order chi connectivity index (χ0) is 13.7. The van der Waals surface area contributed by atoms with Gasteiger partial charge in [0.2, 0.25) is 0 Å². The number of aromatic nitrogens is 2. The van der Waals surface area contributed by atoms with Crippen LogP contribution in [-0.2, 0) is 4.74 Å². The largest absolute Gasteiger partial charge is 0.476 e. The summed E-state index contributed by atoms with van der Waals surface area (Å²) in [5.41, 5.74) is 0.201. The number of ether oxygens (including phenoxy) is 1. The first kappa shape index (κ1) is 13.7. The minimum absolute atomic E-state index is 0.0400. The maximum atomic E-state index is 10.7. The Balaban J connectivity index is 1.95. The van der Waals surface area contributed by atoms with Crippen molar-refractivity contribution in [3.63, 3.8) is 0 Å². The van der Waals surface area contributed by atoms with Gasteiger partial charge in [-0.2, -0.15) is 0 Å². The molecule has 1 aromatic rings. The fourth-order valence-corrected chi connectivity index (χ4v) is 2.27. The monoisotopic (exact) mass is 265 g/mol. The number of nitrogens with zero attached hydrogens (tertiary/aromatic N) is 2. The van der Waals surface area contributed by atoms with Crippen LogP contribution >= 0.6 is 0 Å². The van der Waals surface area contributed by atoms with Gasteiger partial charge in [0.25, 0.3) is 0 Å². The van der Waals surface area contributed by atoms with Crippen molar-refractivity contribution >= 4 is 11.8 Å². The Bertz CT molecular complexity index is 427. The normalized spacial score (nSPS) is 17.9. The fourth-order valence-electron chi connectivity index (χ4n) is 2.27. The molecule has 0 atom stereocenters. The molecule has 0 amide bonds. The SMILES string of the molecule is CCC1(CNc2cnc(C(=O)O)cn2)CCOCC1. The highest BCUT2D eigenvalue weighted by Crippen LogP contribution is 2.33. The molecule has 2 rings (SSSR count). The Morgan fingerprint density at radius 1 is 1.42 bits per heavy atom. The van der Waals surface area contributed by atoms with E-state index in [1.165, 1.54) is 12.4 Å². The third kappa shape index (κ3) is 3.41. The highest BCUT2D eigenvalue weighted by molar-refractivity contribution is 5.84. The molecule has 2 N–H and O–H groups in total. The number of nitrogens with one attached hydrogen (secondary N) is 1. The average Bonchev–Trinajstić information content (AvgIpc) is 2.46. The Morgan fingerprint density at radius 2 is 2.16 bits per heavy atom. The summed E-state index contributed by atoms with van der Waals surface area (Å²) in [6.45, 7) is 4.61. The summed E-state index contributed by atoms with van der Waals surface area (Å²) in [6.07, 6.45) is 5.90. The molecule has 1 fully saturated rings. The molecule has 0 aliphatic carbocycles. The average molecular weight is 265 g/mol. The number of aromatic carboxylic acids is 1. The maximum Gasteiger partial charge on any atom is 0.356 e. The van der Waals surface area contributed by atoms with Gasteiger partial charge >= 0.3 is 5.97 Å². The molecular formula is C13H19N3O3. The van der Waals surface area contributed by atoms with E-state index in [4.69, 9.17) is 9.84 Å². The second kappa shape index (κ2) is 5.97. The van der Waals surface area contributed by atoms with Gasteiger partial charge < -0.3 is 15.2 Å². The van der Waals surface area contributed by atoms with Crippen molar-refractivity contribution in [2.24, 2.45) is 5.41 Å². The van der Waals surface area contributed by atoms with Crippen LogP contribution in [0.15, 0.2) is 12.4 Å². The van der Waals surface area contributed by atoms with E-state index in [1.807, 2.05) is 0 Å². The number of carbonyl (C=O) groups is 1. The van der Waals surface area contributed by atoms with E-state index in [2.05, 4.69) is 22.2 Å². The van der Waals surface area contributed by atoms with Crippen molar-refractivity contribution in [2.75, 3.05) is 25.1 Å². The van der Waals surface area contributed by atoms with E-state index < -0.39 is 5.97 Å². The van der Waals surface area contributed by atoms with Crippen molar-refractivity contribution in [3.8, 4) is 0 Å². The molecule has 1 saturated heterocycles. The van der Waals surface area contributed by atoms with Crippen molar-refractivity contribution in [2.45, 2.75) is 26.2 Å². The van der Waals surface area contributed by atoms with Crippen LogP contribution in [0.2, 0.25) is 0 Å². The molecular weight excluding hydrogens is 246 g/mol. The van der Waals surface area contributed by atoms with E-state index in [1.54, 1.807) is 0 Å². The molecule has 1 aromatic heterocycles. The van der Waals surface area contributed by atoms with Crippen LogP contribution in [0.4, 0.5) is 5.82 Å². The number of anilines is 1. The van der Waals surface area contributed by atoms with Gasteiger partial charge in [-0.05, 0) is 24.7 Å². The van der Waals surface area contributed by atoms with Gasteiger partial charge in [0.05, 0.1) is 12.4 Å². The lowest BCUT2D eigenvalue weighted by Crippen LogP contribution is -2.35. The Hall–Kier alpha value is -1.69. The molecule has 6 heteroatoms. The standard InChI is InChI=1S/C13H19N3O3/c1-2-13(3-5-19-6-4-13)9-16-11-8-14-10(7-15-11)12(17)18/h7-8H,2-6,9H2,1H3,(H,15,16)(H,17,18). The van der Waals surface area contributed by atoms with Crippen LogP contribution in [-0.4, -0.2) is 40.8 Å². The first-order valence-corrected chi connectivity index (χ1v) is 6.52. The topological polar surface area (TPSA) is 84.3 Å². The zero-order valence-electron chi connectivity index (χ0n) is 11.1. The third-order valence-corrected chi connectivity index (χ3v) is 3.82. The van der Waals surface area contributed by atoms with E-state index in [0.717, 1.165) is 39.0 Å². The molecule has 0 radical (unpaired) electrons. The van der Waals surface area contributed by atoms with Crippen molar-refractivity contribution < 1.29 is 14.6 Å². The second-order valence-corrected chi connectivity index (χ2v) is 4.91. The maximum absolute atomic E-state index is 10.7. The van der Waals surface area contributed by atoms with E-state index >= 15 is 0 Å². The number of carboxylic acid groups (broad SMARTS) is 1. The van der Waals surface area contributed by atoms with Gasteiger partial charge in [0.15, 0.2) is 5.69 Å². The van der Waals surface area contributed by atoms with Gasteiger partial charge in [-0.3, -0.25) is 0 Å². The number of hydrogen-bond donors (Lipinski definition) is 2. The summed E-state index contributed by atoms with van der Waals surface area (Å²) in [5.74, 6) is -0.446. The minimum Gasteiger partial charge on any atom is -0.476 e.